The molecule has 0 aliphatic carbocycles. The van der Waals surface area contributed by atoms with Gasteiger partial charge in [0.2, 0.25) is 0 Å². The topological polar surface area (TPSA) is 104 Å². The maximum Gasteiger partial charge on any atom is 0.281 e. The lowest BCUT2D eigenvalue weighted by Crippen LogP contribution is -2.53. The fourth-order valence-corrected chi connectivity index (χ4v) is 3.66. The standard InChI is InChI=1S/C14H20N4O5S/c1-11-12(5-4-6-13(11)18(20)21)14(19)16-7-9-17(10-8-16)24(22,23)15(2)3/h4-6H,7-10H2,1-3H3. The minimum Gasteiger partial charge on any atom is -0.336 e. The molecule has 0 unspecified atom stereocenters. The average Bonchev–Trinajstić information content (AvgIpc) is 2.54. The van der Waals surface area contributed by atoms with Crippen LogP contribution in [0.2, 0.25) is 0 Å². The Morgan fingerprint density at radius 1 is 1.21 bits per heavy atom. The van der Waals surface area contributed by atoms with E-state index < -0.39 is 15.1 Å². The van der Waals surface area contributed by atoms with E-state index in [9.17, 15) is 23.3 Å². The monoisotopic (exact) mass is 356 g/mol. The molecule has 132 valence electrons. The summed E-state index contributed by atoms with van der Waals surface area (Å²) in [5.41, 5.74) is 0.485. The smallest absolute Gasteiger partial charge is 0.281 e. The van der Waals surface area contributed by atoms with Gasteiger partial charge in [0.25, 0.3) is 21.8 Å². The Kier molecular flexibility index (Phi) is 5.21. The predicted molar refractivity (Wildman–Crippen MR) is 87.9 cm³/mol. The summed E-state index contributed by atoms with van der Waals surface area (Å²) in [6, 6.07) is 4.38. The van der Waals surface area contributed by atoms with Crippen LogP contribution in [0.4, 0.5) is 5.69 Å². The van der Waals surface area contributed by atoms with Crippen molar-refractivity contribution in [3.63, 3.8) is 0 Å². The third-order valence-corrected chi connectivity index (χ3v) is 5.99. The van der Waals surface area contributed by atoms with E-state index in [0.717, 1.165) is 4.31 Å². The van der Waals surface area contributed by atoms with Gasteiger partial charge >= 0.3 is 0 Å². The number of benzene rings is 1. The highest BCUT2D eigenvalue weighted by atomic mass is 32.2. The lowest BCUT2D eigenvalue weighted by Gasteiger charge is -2.35. The Bertz CT molecular complexity index is 754. The number of carbonyl (C=O) groups excluding carboxylic acids is 1. The first-order valence-electron chi connectivity index (χ1n) is 7.37. The van der Waals surface area contributed by atoms with E-state index >= 15 is 0 Å². The third kappa shape index (κ3) is 3.40. The van der Waals surface area contributed by atoms with Crippen LogP contribution >= 0.6 is 0 Å². The summed E-state index contributed by atoms with van der Waals surface area (Å²) in [7, 11) is -0.585. The van der Waals surface area contributed by atoms with E-state index in [2.05, 4.69) is 0 Å². The zero-order valence-electron chi connectivity index (χ0n) is 13.8. The normalized spacial score (nSPS) is 16.4. The third-order valence-electron chi connectivity index (χ3n) is 4.05. The van der Waals surface area contributed by atoms with Gasteiger partial charge in [-0.3, -0.25) is 14.9 Å². The van der Waals surface area contributed by atoms with Gasteiger partial charge in [0.1, 0.15) is 0 Å². The highest BCUT2D eigenvalue weighted by Crippen LogP contribution is 2.23. The summed E-state index contributed by atoms with van der Waals surface area (Å²) in [6.07, 6.45) is 0. The van der Waals surface area contributed by atoms with Crippen molar-refractivity contribution in [2.24, 2.45) is 0 Å². The molecule has 1 amide bonds. The molecular weight excluding hydrogens is 336 g/mol. The number of nitro groups is 1. The number of piperazine rings is 1. The molecule has 0 saturated carbocycles. The highest BCUT2D eigenvalue weighted by molar-refractivity contribution is 7.86. The van der Waals surface area contributed by atoms with Crippen molar-refractivity contribution < 1.29 is 18.1 Å². The van der Waals surface area contributed by atoms with Gasteiger partial charge in [-0.15, -0.1) is 0 Å². The number of amides is 1. The van der Waals surface area contributed by atoms with Crippen molar-refractivity contribution in [2.75, 3.05) is 40.3 Å². The fourth-order valence-electron chi connectivity index (χ4n) is 2.58. The lowest BCUT2D eigenvalue weighted by atomic mass is 10.1. The van der Waals surface area contributed by atoms with Crippen LogP contribution in [0.25, 0.3) is 0 Å². The molecule has 1 aliphatic rings. The first-order chi connectivity index (χ1) is 11.2. The summed E-state index contributed by atoms with van der Waals surface area (Å²) in [5.74, 6) is -0.321. The fraction of sp³-hybridized carbons (Fsp3) is 0.500. The molecule has 2 rings (SSSR count). The van der Waals surface area contributed by atoms with Crippen LogP contribution in [0.3, 0.4) is 0 Å². The Morgan fingerprint density at radius 2 is 1.79 bits per heavy atom. The minimum absolute atomic E-state index is 0.102. The molecule has 0 spiro atoms. The van der Waals surface area contributed by atoms with E-state index in [4.69, 9.17) is 0 Å². The van der Waals surface area contributed by atoms with Gasteiger partial charge in [0.05, 0.1) is 4.92 Å². The number of nitrogens with zero attached hydrogens (tertiary/aromatic N) is 4. The van der Waals surface area contributed by atoms with E-state index in [0.29, 0.717) is 5.56 Å². The molecule has 1 saturated heterocycles. The maximum atomic E-state index is 12.6. The molecular formula is C14H20N4O5S. The molecule has 24 heavy (non-hydrogen) atoms. The van der Waals surface area contributed by atoms with Crippen molar-refractivity contribution in [1.82, 2.24) is 13.5 Å². The molecule has 0 radical (unpaired) electrons. The van der Waals surface area contributed by atoms with Crippen LogP contribution in [0, 0.1) is 17.0 Å². The summed E-state index contributed by atoms with van der Waals surface area (Å²) >= 11 is 0. The first-order valence-corrected chi connectivity index (χ1v) is 8.77. The van der Waals surface area contributed by atoms with Crippen LogP contribution < -0.4 is 0 Å². The molecule has 0 atom stereocenters. The van der Waals surface area contributed by atoms with Crippen LogP contribution in [0.5, 0.6) is 0 Å². The SMILES string of the molecule is Cc1c(C(=O)N2CCN(S(=O)(=O)N(C)C)CC2)cccc1[N+](=O)[O-]. The molecule has 1 aromatic rings. The Balaban J connectivity index is 2.15. The zero-order valence-corrected chi connectivity index (χ0v) is 14.6. The largest absolute Gasteiger partial charge is 0.336 e. The van der Waals surface area contributed by atoms with Gasteiger partial charge in [-0.05, 0) is 13.0 Å². The second-order valence-electron chi connectivity index (χ2n) is 5.69. The van der Waals surface area contributed by atoms with Crippen molar-refractivity contribution in [3.8, 4) is 0 Å². The quantitative estimate of drug-likeness (QED) is 0.576. The molecule has 1 heterocycles. The molecule has 0 N–H and O–H groups in total. The maximum absolute atomic E-state index is 12.6. The van der Waals surface area contributed by atoms with Crippen molar-refractivity contribution >= 4 is 21.8 Å². The minimum atomic E-state index is -3.50. The van der Waals surface area contributed by atoms with Crippen molar-refractivity contribution in [1.29, 1.82) is 0 Å². The molecule has 0 bridgehead atoms. The number of rotatable bonds is 4. The summed E-state index contributed by atoms with van der Waals surface area (Å²) in [6.45, 7) is 2.42. The second-order valence-corrected chi connectivity index (χ2v) is 7.83. The molecule has 0 aromatic heterocycles. The second kappa shape index (κ2) is 6.83. The van der Waals surface area contributed by atoms with Gasteiger partial charge in [0, 0.05) is 57.5 Å². The van der Waals surface area contributed by atoms with E-state index in [1.165, 1.54) is 42.4 Å². The van der Waals surface area contributed by atoms with Gasteiger partial charge in [-0.1, -0.05) is 6.07 Å². The molecule has 1 fully saturated rings. The Labute approximate surface area is 140 Å². The summed E-state index contributed by atoms with van der Waals surface area (Å²) < 4.78 is 26.6. The van der Waals surface area contributed by atoms with E-state index in [-0.39, 0.29) is 43.3 Å². The lowest BCUT2D eigenvalue weighted by molar-refractivity contribution is -0.385. The van der Waals surface area contributed by atoms with Crippen molar-refractivity contribution in [2.45, 2.75) is 6.92 Å². The number of carbonyl (C=O) groups is 1. The van der Waals surface area contributed by atoms with Gasteiger partial charge in [0.15, 0.2) is 0 Å². The van der Waals surface area contributed by atoms with Crippen molar-refractivity contribution in [3.05, 3.63) is 39.4 Å². The van der Waals surface area contributed by atoms with Crippen LogP contribution in [-0.4, -0.2) is 73.0 Å². The van der Waals surface area contributed by atoms with Crippen LogP contribution in [0.1, 0.15) is 15.9 Å². The van der Waals surface area contributed by atoms with Gasteiger partial charge in [-0.2, -0.15) is 17.0 Å². The predicted octanol–water partition coefficient (Wildman–Crippen LogP) is 0.467. The molecule has 9 nitrogen and oxygen atoms in total. The average molecular weight is 356 g/mol. The zero-order chi connectivity index (χ0) is 18.1. The van der Waals surface area contributed by atoms with Crippen LogP contribution in [0.15, 0.2) is 18.2 Å². The molecule has 10 heteroatoms. The number of hydrogen-bond acceptors (Lipinski definition) is 5. The van der Waals surface area contributed by atoms with E-state index in [1.807, 2.05) is 0 Å². The van der Waals surface area contributed by atoms with Gasteiger partial charge in [-0.25, -0.2) is 0 Å². The Hall–Kier alpha value is -2.04. The number of nitro benzene ring substituents is 1. The van der Waals surface area contributed by atoms with Gasteiger partial charge < -0.3 is 4.90 Å². The summed E-state index contributed by atoms with van der Waals surface area (Å²) in [4.78, 5) is 24.6. The first kappa shape index (κ1) is 18.3. The number of hydrogen-bond donors (Lipinski definition) is 0. The van der Waals surface area contributed by atoms with Crippen LogP contribution in [-0.2, 0) is 10.2 Å². The Morgan fingerprint density at radius 3 is 2.29 bits per heavy atom. The molecule has 1 aromatic carbocycles. The molecule has 1 aliphatic heterocycles. The van der Waals surface area contributed by atoms with E-state index in [1.54, 1.807) is 6.07 Å². The highest BCUT2D eigenvalue weighted by Gasteiger charge is 2.31. The summed E-state index contributed by atoms with van der Waals surface area (Å²) in [5, 5.41) is 11.0.